The van der Waals surface area contributed by atoms with Crippen LogP contribution in [0.2, 0.25) is 0 Å². The van der Waals surface area contributed by atoms with Gasteiger partial charge in [0.1, 0.15) is 6.61 Å². The molecule has 0 aliphatic carbocycles. The monoisotopic (exact) mass is 189 g/mol. The zero-order chi connectivity index (χ0) is 9.68. The fraction of sp³-hybridized carbons (Fsp3) is 0.875. The summed E-state index contributed by atoms with van der Waals surface area (Å²) in [4.78, 5) is 12.9. The molecule has 0 spiro atoms. The zero-order valence-electron chi connectivity index (χ0n) is 7.73. The van der Waals surface area contributed by atoms with Gasteiger partial charge in [0.25, 0.3) is 0 Å². The van der Waals surface area contributed by atoms with Crippen LogP contribution in [0.25, 0.3) is 0 Å². The number of nitrogens with zero attached hydrogens (tertiary/aromatic N) is 1. The molecule has 5 heteroatoms. The third kappa shape index (κ3) is 2.86. The zero-order valence-corrected chi connectivity index (χ0v) is 7.73. The molecular weight excluding hydrogens is 174 g/mol. The second kappa shape index (κ2) is 5.04. The molecule has 0 aromatic carbocycles. The Kier molecular flexibility index (Phi) is 3.98. The summed E-state index contributed by atoms with van der Waals surface area (Å²) < 4.78 is 9.95. The maximum atomic E-state index is 11.3. The van der Waals surface area contributed by atoms with Crippen molar-refractivity contribution in [3.8, 4) is 0 Å². The van der Waals surface area contributed by atoms with Crippen molar-refractivity contribution < 1.29 is 19.4 Å². The lowest BCUT2D eigenvalue weighted by atomic mass is 10.3. The number of hydrogen-bond acceptors (Lipinski definition) is 4. The second-order valence-electron chi connectivity index (χ2n) is 2.96. The van der Waals surface area contributed by atoms with E-state index in [-0.39, 0.29) is 25.3 Å². The predicted octanol–water partition coefficient (Wildman–Crippen LogP) is -0.164. The SMILES string of the molecule is CC1COCCN1C(=O)OCCO. The molecule has 1 heterocycles. The topological polar surface area (TPSA) is 59.0 Å². The number of hydrogen-bond donors (Lipinski definition) is 1. The maximum absolute atomic E-state index is 11.3. The van der Waals surface area contributed by atoms with Gasteiger partial charge in [-0.15, -0.1) is 0 Å². The third-order valence-corrected chi connectivity index (χ3v) is 1.92. The number of aliphatic hydroxyl groups excluding tert-OH is 1. The molecule has 1 aliphatic heterocycles. The summed E-state index contributed by atoms with van der Waals surface area (Å²) in [7, 11) is 0. The normalized spacial score (nSPS) is 22.9. The van der Waals surface area contributed by atoms with Crippen LogP contribution in [0.1, 0.15) is 6.92 Å². The van der Waals surface area contributed by atoms with E-state index in [4.69, 9.17) is 14.6 Å². The van der Waals surface area contributed by atoms with Crippen molar-refractivity contribution in [3.05, 3.63) is 0 Å². The molecule has 0 aromatic heterocycles. The van der Waals surface area contributed by atoms with E-state index in [1.807, 2.05) is 6.92 Å². The van der Waals surface area contributed by atoms with Crippen LogP contribution in [0.3, 0.4) is 0 Å². The molecule has 1 unspecified atom stereocenters. The first kappa shape index (κ1) is 10.3. The largest absolute Gasteiger partial charge is 0.447 e. The molecule has 0 radical (unpaired) electrons. The maximum Gasteiger partial charge on any atom is 0.410 e. The standard InChI is InChI=1S/C8H15NO4/c1-7-6-12-4-2-9(7)8(11)13-5-3-10/h7,10H,2-6H2,1H3. The van der Waals surface area contributed by atoms with Crippen LogP contribution < -0.4 is 0 Å². The third-order valence-electron chi connectivity index (χ3n) is 1.92. The number of carbonyl (C=O) groups excluding carboxylic acids is 1. The van der Waals surface area contributed by atoms with Crippen LogP contribution >= 0.6 is 0 Å². The smallest absolute Gasteiger partial charge is 0.410 e. The van der Waals surface area contributed by atoms with Gasteiger partial charge in [-0.25, -0.2) is 4.79 Å². The van der Waals surface area contributed by atoms with E-state index in [2.05, 4.69) is 0 Å². The molecule has 1 aliphatic rings. The van der Waals surface area contributed by atoms with Crippen molar-refractivity contribution in [1.82, 2.24) is 4.90 Å². The van der Waals surface area contributed by atoms with E-state index < -0.39 is 0 Å². The lowest BCUT2D eigenvalue weighted by molar-refractivity contribution is -0.00585. The Labute approximate surface area is 77.2 Å². The molecule has 0 aromatic rings. The fourth-order valence-electron chi connectivity index (χ4n) is 1.21. The minimum atomic E-state index is -0.371. The minimum Gasteiger partial charge on any atom is -0.447 e. The van der Waals surface area contributed by atoms with E-state index in [0.717, 1.165) is 0 Å². The summed E-state index contributed by atoms with van der Waals surface area (Å²) in [6, 6.07) is 0.0555. The molecule has 76 valence electrons. The van der Waals surface area contributed by atoms with Gasteiger partial charge in [0.2, 0.25) is 0 Å². The molecule has 1 rings (SSSR count). The molecule has 13 heavy (non-hydrogen) atoms. The first-order valence-electron chi connectivity index (χ1n) is 4.37. The van der Waals surface area contributed by atoms with Crippen LogP contribution in [0, 0.1) is 0 Å². The van der Waals surface area contributed by atoms with Gasteiger partial charge in [0.05, 0.1) is 25.9 Å². The van der Waals surface area contributed by atoms with E-state index in [9.17, 15) is 4.79 Å². The van der Waals surface area contributed by atoms with E-state index in [1.54, 1.807) is 4.90 Å². The van der Waals surface area contributed by atoms with Crippen molar-refractivity contribution in [1.29, 1.82) is 0 Å². The van der Waals surface area contributed by atoms with Crippen molar-refractivity contribution >= 4 is 6.09 Å². The molecule has 0 bridgehead atoms. The number of amides is 1. The Balaban J connectivity index is 2.35. The summed E-state index contributed by atoms with van der Waals surface area (Å²) >= 11 is 0. The first-order valence-corrected chi connectivity index (χ1v) is 4.37. The Morgan fingerprint density at radius 3 is 3.15 bits per heavy atom. The van der Waals surface area contributed by atoms with E-state index >= 15 is 0 Å². The van der Waals surface area contributed by atoms with E-state index in [0.29, 0.717) is 19.8 Å². The molecule has 1 saturated heterocycles. The first-order chi connectivity index (χ1) is 6.25. The number of aliphatic hydroxyl groups is 1. The summed E-state index contributed by atoms with van der Waals surface area (Å²) in [5, 5.41) is 8.46. The number of carbonyl (C=O) groups is 1. The Bertz CT molecular complexity index is 174. The molecular formula is C8H15NO4. The van der Waals surface area contributed by atoms with Crippen molar-refractivity contribution in [2.75, 3.05) is 33.0 Å². The van der Waals surface area contributed by atoms with Crippen LogP contribution in [0.4, 0.5) is 4.79 Å². The minimum absolute atomic E-state index is 0.0555. The van der Waals surface area contributed by atoms with Gasteiger partial charge in [0.15, 0.2) is 0 Å². The van der Waals surface area contributed by atoms with Gasteiger partial charge in [-0.1, -0.05) is 0 Å². The quantitative estimate of drug-likeness (QED) is 0.655. The fourth-order valence-corrected chi connectivity index (χ4v) is 1.21. The van der Waals surface area contributed by atoms with Gasteiger partial charge < -0.3 is 19.5 Å². The summed E-state index contributed by atoms with van der Waals surface area (Å²) in [6.45, 7) is 3.49. The summed E-state index contributed by atoms with van der Waals surface area (Å²) in [6.07, 6.45) is -0.371. The highest BCUT2D eigenvalue weighted by molar-refractivity contribution is 5.68. The highest BCUT2D eigenvalue weighted by Crippen LogP contribution is 2.07. The Morgan fingerprint density at radius 1 is 1.77 bits per heavy atom. The Morgan fingerprint density at radius 2 is 2.54 bits per heavy atom. The van der Waals surface area contributed by atoms with Crippen molar-refractivity contribution in [2.45, 2.75) is 13.0 Å². The molecule has 1 atom stereocenters. The molecule has 1 N–H and O–H groups in total. The highest BCUT2D eigenvalue weighted by atomic mass is 16.6. The highest BCUT2D eigenvalue weighted by Gasteiger charge is 2.24. The predicted molar refractivity (Wildman–Crippen MR) is 45.4 cm³/mol. The van der Waals surface area contributed by atoms with Gasteiger partial charge in [-0.3, -0.25) is 0 Å². The van der Waals surface area contributed by atoms with Crippen molar-refractivity contribution in [2.24, 2.45) is 0 Å². The van der Waals surface area contributed by atoms with Crippen molar-refractivity contribution in [3.63, 3.8) is 0 Å². The average molecular weight is 189 g/mol. The second-order valence-corrected chi connectivity index (χ2v) is 2.96. The van der Waals surface area contributed by atoms with Crippen LogP contribution in [-0.4, -0.2) is 55.1 Å². The van der Waals surface area contributed by atoms with Crippen LogP contribution in [-0.2, 0) is 9.47 Å². The van der Waals surface area contributed by atoms with Gasteiger partial charge in [0, 0.05) is 6.54 Å². The molecule has 5 nitrogen and oxygen atoms in total. The summed E-state index contributed by atoms with van der Waals surface area (Å²) in [5.41, 5.74) is 0. The lowest BCUT2D eigenvalue weighted by Gasteiger charge is -2.32. The lowest BCUT2D eigenvalue weighted by Crippen LogP contribution is -2.47. The van der Waals surface area contributed by atoms with Gasteiger partial charge >= 0.3 is 6.09 Å². The number of morpholine rings is 1. The van der Waals surface area contributed by atoms with E-state index in [1.165, 1.54) is 0 Å². The summed E-state index contributed by atoms with van der Waals surface area (Å²) in [5.74, 6) is 0. The molecule has 1 fully saturated rings. The van der Waals surface area contributed by atoms with Gasteiger partial charge in [-0.2, -0.15) is 0 Å². The average Bonchev–Trinajstić information content (AvgIpc) is 2.15. The van der Waals surface area contributed by atoms with Crippen LogP contribution in [0.5, 0.6) is 0 Å². The number of rotatable bonds is 2. The molecule has 0 saturated carbocycles. The Hall–Kier alpha value is -0.810. The van der Waals surface area contributed by atoms with Crippen LogP contribution in [0.15, 0.2) is 0 Å². The van der Waals surface area contributed by atoms with Gasteiger partial charge in [-0.05, 0) is 6.92 Å². The number of ether oxygens (including phenoxy) is 2. The molecule has 1 amide bonds.